The molecule has 1 heterocycles. The number of nitrogens with zero attached hydrogens (tertiary/aromatic N) is 2. The van der Waals surface area contributed by atoms with Gasteiger partial charge in [-0.15, -0.1) is 0 Å². The second kappa shape index (κ2) is 6.44. The highest BCUT2D eigenvalue weighted by Gasteiger charge is 2.52. The third kappa shape index (κ3) is 3.18. The van der Waals surface area contributed by atoms with Gasteiger partial charge >= 0.3 is 0 Å². The summed E-state index contributed by atoms with van der Waals surface area (Å²) in [6.07, 6.45) is 4.33. The van der Waals surface area contributed by atoms with Crippen molar-refractivity contribution in [1.82, 2.24) is 9.80 Å². The molecular formula is C19H26N2O2. The number of benzene rings is 1. The summed E-state index contributed by atoms with van der Waals surface area (Å²) < 4.78 is 0. The molecule has 1 aliphatic carbocycles. The normalized spacial score (nSPS) is 20.4. The van der Waals surface area contributed by atoms with Crippen LogP contribution in [0.5, 0.6) is 0 Å². The lowest BCUT2D eigenvalue weighted by atomic mass is 9.85. The number of carbonyl (C=O) groups excluding carboxylic acids is 2. The van der Waals surface area contributed by atoms with Crippen LogP contribution < -0.4 is 0 Å². The van der Waals surface area contributed by atoms with Gasteiger partial charge in [-0.2, -0.15) is 0 Å². The third-order valence-corrected chi connectivity index (χ3v) is 5.33. The lowest BCUT2D eigenvalue weighted by Gasteiger charge is -2.31. The molecule has 0 unspecified atom stereocenters. The minimum atomic E-state index is -0.369. The summed E-state index contributed by atoms with van der Waals surface area (Å²) in [6.45, 7) is 5.38. The van der Waals surface area contributed by atoms with Gasteiger partial charge in [-0.25, -0.2) is 0 Å². The molecule has 2 aliphatic rings. The van der Waals surface area contributed by atoms with E-state index in [1.54, 1.807) is 0 Å². The molecule has 0 atom stereocenters. The Morgan fingerprint density at radius 2 is 1.78 bits per heavy atom. The summed E-state index contributed by atoms with van der Waals surface area (Å²) in [4.78, 5) is 29.0. The minimum absolute atomic E-state index is 0.00983. The molecule has 0 aromatic heterocycles. The van der Waals surface area contributed by atoms with Crippen molar-refractivity contribution in [3.63, 3.8) is 0 Å². The largest absolute Gasteiger partial charge is 0.279 e. The van der Waals surface area contributed by atoms with E-state index in [1.165, 1.54) is 10.5 Å². The molecule has 23 heavy (non-hydrogen) atoms. The van der Waals surface area contributed by atoms with Crippen LogP contribution in [-0.4, -0.2) is 34.3 Å². The van der Waals surface area contributed by atoms with Crippen molar-refractivity contribution in [3.8, 4) is 0 Å². The first-order valence-electron chi connectivity index (χ1n) is 8.65. The molecule has 1 aliphatic heterocycles. The van der Waals surface area contributed by atoms with E-state index in [4.69, 9.17) is 0 Å². The fraction of sp³-hybridized carbons (Fsp3) is 0.579. The lowest BCUT2D eigenvalue weighted by Crippen LogP contribution is -2.45. The summed E-state index contributed by atoms with van der Waals surface area (Å²) in [7, 11) is 0. The van der Waals surface area contributed by atoms with Crippen LogP contribution in [-0.2, 0) is 16.1 Å². The maximum absolute atomic E-state index is 12.8. The molecule has 4 nitrogen and oxygen atoms in total. The summed E-state index contributed by atoms with van der Waals surface area (Å²) in [6, 6.07) is 10.5. The molecule has 1 aromatic rings. The van der Waals surface area contributed by atoms with Crippen LogP contribution in [0.3, 0.4) is 0 Å². The third-order valence-electron chi connectivity index (χ3n) is 5.33. The van der Waals surface area contributed by atoms with Crippen LogP contribution in [0.4, 0.5) is 0 Å². The zero-order valence-corrected chi connectivity index (χ0v) is 14.1. The molecule has 0 radical (unpaired) electrons. The number of hydrogen-bond acceptors (Lipinski definition) is 3. The van der Waals surface area contributed by atoms with Gasteiger partial charge in [0.25, 0.3) is 0 Å². The average Bonchev–Trinajstić information content (AvgIpc) is 3.08. The van der Waals surface area contributed by atoms with E-state index in [9.17, 15) is 9.59 Å². The first kappa shape index (κ1) is 16.2. The Balaban J connectivity index is 1.72. The van der Waals surface area contributed by atoms with Crippen LogP contribution in [0, 0.1) is 5.41 Å². The van der Waals surface area contributed by atoms with Crippen molar-refractivity contribution in [3.05, 3.63) is 35.9 Å². The van der Waals surface area contributed by atoms with Crippen LogP contribution >= 0.6 is 0 Å². The predicted octanol–water partition coefficient (Wildman–Crippen LogP) is 3.17. The second-order valence-electron chi connectivity index (χ2n) is 7.26. The molecule has 1 spiro atoms. The first-order chi connectivity index (χ1) is 11.0. The monoisotopic (exact) mass is 314 g/mol. The van der Waals surface area contributed by atoms with Crippen molar-refractivity contribution in [2.24, 2.45) is 5.41 Å². The molecule has 4 heteroatoms. The Morgan fingerprint density at radius 3 is 2.39 bits per heavy atom. The van der Waals surface area contributed by atoms with Crippen LogP contribution in [0.2, 0.25) is 0 Å². The highest BCUT2D eigenvalue weighted by molar-refractivity contribution is 6.06. The van der Waals surface area contributed by atoms with Gasteiger partial charge in [-0.3, -0.25) is 19.4 Å². The fourth-order valence-corrected chi connectivity index (χ4v) is 3.84. The molecule has 1 saturated heterocycles. The van der Waals surface area contributed by atoms with E-state index in [0.717, 1.165) is 32.2 Å². The number of likely N-dealkylation sites (tertiary alicyclic amines) is 1. The van der Waals surface area contributed by atoms with Crippen molar-refractivity contribution in [2.75, 3.05) is 6.67 Å². The number of imide groups is 1. The first-order valence-corrected chi connectivity index (χ1v) is 8.65. The van der Waals surface area contributed by atoms with Crippen LogP contribution in [0.15, 0.2) is 30.3 Å². The lowest BCUT2D eigenvalue weighted by molar-refractivity contribution is -0.144. The SMILES string of the molecule is CC(C)N(Cc1ccccc1)CN1C(=O)CC2(CCCC2)C1=O. The number of carbonyl (C=O) groups is 2. The second-order valence-corrected chi connectivity index (χ2v) is 7.26. The standard InChI is InChI=1S/C19H26N2O2/c1-15(2)20(13-16-8-4-3-5-9-16)14-21-17(22)12-19(18(21)23)10-6-7-11-19/h3-5,8-9,15H,6-7,10-14H2,1-2H3. The molecule has 124 valence electrons. The van der Waals surface area contributed by atoms with Crippen LogP contribution in [0.1, 0.15) is 51.5 Å². The van der Waals surface area contributed by atoms with Gasteiger partial charge in [-0.1, -0.05) is 43.2 Å². The van der Waals surface area contributed by atoms with E-state index >= 15 is 0 Å². The highest BCUT2D eigenvalue weighted by Crippen LogP contribution is 2.46. The Kier molecular flexibility index (Phi) is 4.53. The molecule has 3 rings (SSSR count). The number of rotatable bonds is 5. The smallest absolute Gasteiger partial charge is 0.237 e. The Hall–Kier alpha value is -1.68. The van der Waals surface area contributed by atoms with Gasteiger partial charge in [0.15, 0.2) is 0 Å². The van der Waals surface area contributed by atoms with Crippen molar-refractivity contribution >= 4 is 11.8 Å². The Morgan fingerprint density at radius 1 is 1.13 bits per heavy atom. The Labute approximate surface area is 138 Å². The molecule has 2 amide bonds. The molecule has 0 bridgehead atoms. The summed E-state index contributed by atoms with van der Waals surface area (Å²) in [5, 5.41) is 0. The van der Waals surface area contributed by atoms with Gasteiger partial charge in [0, 0.05) is 19.0 Å². The van der Waals surface area contributed by atoms with Gasteiger partial charge in [0.1, 0.15) is 0 Å². The van der Waals surface area contributed by atoms with Crippen molar-refractivity contribution < 1.29 is 9.59 Å². The number of amides is 2. The van der Waals surface area contributed by atoms with E-state index in [-0.39, 0.29) is 23.3 Å². The maximum atomic E-state index is 12.8. The summed E-state index contributed by atoms with van der Waals surface area (Å²) in [5.74, 6) is 0.0781. The van der Waals surface area contributed by atoms with Crippen molar-refractivity contribution in [2.45, 2.75) is 58.5 Å². The quantitative estimate of drug-likeness (QED) is 0.784. The van der Waals surface area contributed by atoms with E-state index in [0.29, 0.717) is 13.1 Å². The Bertz CT molecular complexity index is 576. The van der Waals surface area contributed by atoms with Gasteiger partial charge in [0.2, 0.25) is 11.8 Å². The van der Waals surface area contributed by atoms with E-state index in [1.807, 2.05) is 18.2 Å². The molecule has 0 N–H and O–H groups in total. The van der Waals surface area contributed by atoms with E-state index < -0.39 is 0 Å². The zero-order valence-electron chi connectivity index (χ0n) is 14.1. The fourth-order valence-electron chi connectivity index (χ4n) is 3.84. The molecule has 1 aromatic carbocycles. The zero-order chi connectivity index (χ0) is 16.4. The predicted molar refractivity (Wildman–Crippen MR) is 89.4 cm³/mol. The van der Waals surface area contributed by atoms with Crippen LogP contribution in [0.25, 0.3) is 0 Å². The van der Waals surface area contributed by atoms with E-state index in [2.05, 4.69) is 30.9 Å². The average molecular weight is 314 g/mol. The highest BCUT2D eigenvalue weighted by atomic mass is 16.2. The van der Waals surface area contributed by atoms with Gasteiger partial charge in [0.05, 0.1) is 12.1 Å². The van der Waals surface area contributed by atoms with Gasteiger partial charge < -0.3 is 0 Å². The summed E-state index contributed by atoms with van der Waals surface area (Å²) in [5.41, 5.74) is 0.836. The topological polar surface area (TPSA) is 40.6 Å². The maximum Gasteiger partial charge on any atom is 0.237 e. The molecule has 2 fully saturated rings. The molecule has 1 saturated carbocycles. The van der Waals surface area contributed by atoms with Crippen molar-refractivity contribution in [1.29, 1.82) is 0 Å². The molecular weight excluding hydrogens is 288 g/mol. The van der Waals surface area contributed by atoms with Gasteiger partial charge in [-0.05, 0) is 32.3 Å². The number of hydrogen-bond donors (Lipinski definition) is 0. The summed E-state index contributed by atoms with van der Waals surface area (Å²) >= 11 is 0. The minimum Gasteiger partial charge on any atom is -0.279 e.